The minimum Gasteiger partial charge on any atom is -0.207 e. The molecule has 0 amide bonds. The van der Waals surface area contributed by atoms with Gasteiger partial charge in [0.2, 0.25) is 0 Å². The average molecular weight is 314 g/mol. The zero-order valence-corrected chi connectivity index (χ0v) is 11.6. The van der Waals surface area contributed by atoms with Crippen LogP contribution in [0.3, 0.4) is 0 Å². The fourth-order valence-corrected chi connectivity index (χ4v) is 2.14. The van der Waals surface area contributed by atoms with Gasteiger partial charge in [0, 0.05) is 4.47 Å². The van der Waals surface area contributed by atoms with Gasteiger partial charge < -0.3 is 0 Å². The van der Waals surface area contributed by atoms with E-state index in [2.05, 4.69) is 15.9 Å². The van der Waals surface area contributed by atoms with E-state index in [0.29, 0.717) is 5.56 Å². The summed E-state index contributed by atoms with van der Waals surface area (Å²) in [6.07, 6.45) is 0. The number of halogens is 3. The second-order valence-corrected chi connectivity index (χ2v) is 5.27. The van der Waals surface area contributed by atoms with E-state index < -0.39 is 0 Å². The predicted molar refractivity (Wildman–Crippen MR) is 73.0 cm³/mol. The summed E-state index contributed by atoms with van der Waals surface area (Å²) in [5.41, 5.74) is 2.36. The van der Waals surface area contributed by atoms with Crippen molar-refractivity contribution in [3.8, 4) is 0 Å². The standard InChI is InChI=1S/C14H11BrClF/c1-9-2-3-11(8-13(9)17)14(16)10-4-6-12(15)7-5-10/h2-8,14H,1H3. The van der Waals surface area contributed by atoms with Crippen LogP contribution in [0.15, 0.2) is 46.9 Å². The molecule has 2 aromatic carbocycles. The molecule has 0 fully saturated rings. The molecule has 0 aliphatic carbocycles. The molecule has 2 aromatic rings. The zero-order chi connectivity index (χ0) is 12.4. The van der Waals surface area contributed by atoms with Crippen LogP contribution in [0.5, 0.6) is 0 Å². The Morgan fingerprint density at radius 3 is 2.24 bits per heavy atom. The highest BCUT2D eigenvalue weighted by atomic mass is 79.9. The average Bonchev–Trinajstić information content (AvgIpc) is 2.33. The molecule has 2 rings (SSSR count). The molecule has 0 saturated heterocycles. The van der Waals surface area contributed by atoms with Crippen LogP contribution < -0.4 is 0 Å². The normalized spacial score (nSPS) is 12.5. The first-order chi connectivity index (χ1) is 8.08. The second-order valence-electron chi connectivity index (χ2n) is 3.92. The van der Waals surface area contributed by atoms with E-state index in [9.17, 15) is 4.39 Å². The maximum absolute atomic E-state index is 13.5. The lowest BCUT2D eigenvalue weighted by atomic mass is 10.0. The van der Waals surface area contributed by atoms with Gasteiger partial charge in [0.05, 0.1) is 5.38 Å². The van der Waals surface area contributed by atoms with Crippen LogP contribution in [-0.2, 0) is 0 Å². The van der Waals surface area contributed by atoms with Gasteiger partial charge in [-0.3, -0.25) is 0 Å². The molecule has 0 aliphatic rings. The second kappa shape index (κ2) is 5.19. The van der Waals surface area contributed by atoms with Crippen LogP contribution in [-0.4, -0.2) is 0 Å². The first-order valence-corrected chi connectivity index (χ1v) is 6.46. The van der Waals surface area contributed by atoms with Crippen LogP contribution in [0.4, 0.5) is 4.39 Å². The van der Waals surface area contributed by atoms with Gasteiger partial charge >= 0.3 is 0 Å². The number of alkyl halides is 1. The number of rotatable bonds is 2. The summed E-state index contributed by atoms with van der Waals surface area (Å²) < 4.78 is 14.5. The highest BCUT2D eigenvalue weighted by Gasteiger charge is 2.12. The van der Waals surface area contributed by atoms with E-state index in [1.165, 1.54) is 6.07 Å². The smallest absolute Gasteiger partial charge is 0.126 e. The molecule has 0 heterocycles. The van der Waals surface area contributed by atoms with Crippen molar-refractivity contribution in [3.63, 3.8) is 0 Å². The fourth-order valence-electron chi connectivity index (χ4n) is 1.59. The third-order valence-electron chi connectivity index (χ3n) is 2.65. The molecule has 0 saturated carbocycles. The molecular formula is C14H11BrClF. The summed E-state index contributed by atoms with van der Waals surface area (Å²) in [6.45, 7) is 1.74. The van der Waals surface area contributed by atoms with Gasteiger partial charge in [-0.05, 0) is 41.8 Å². The molecule has 0 aromatic heterocycles. The Balaban J connectivity index is 2.33. The lowest BCUT2D eigenvalue weighted by Crippen LogP contribution is -1.95. The minimum atomic E-state index is -0.321. The van der Waals surface area contributed by atoms with E-state index in [1.807, 2.05) is 30.3 Å². The fraction of sp³-hybridized carbons (Fsp3) is 0.143. The summed E-state index contributed by atoms with van der Waals surface area (Å²) in [6, 6.07) is 12.8. The third kappa shape index (κ3) is 2.88. The summed E-state index contributed by atoms with van der Waals surface area (Å²) >= 11 is 9.70. The molecule has 1 atom stereocenters. The summed E-state index contributed by atoms with van der Waals surface area (Å²) in [4.78, 5) is 0. The Morgan fingerprint density at radius 2 is 1.65 bits per heavy atom. The van der Waals surface area contributed by atoms with E-state index in [-0.39, 0.29) is 11.2 Å². The van der Waals surface area contributed by atoms with Crippen molar-refractivity contribution in [2.75, 3.05) is 0 Å². The van der Waals surface area contributed by atoms with E-state index in [0.717, 1.165) is 15.6 Å². The number of hydrogen-bond donors (Lipinski definition) is 0. The SMILES string of the molecule is Cc1ccc(C(Cl)c2ccc(Br)cc2)cc1F. The van der Waals surface area contributed by atoms with Crippen molar-refractivity contribution in [1.82, 2.24) is 0 Å². The van der Waals surface area contributed by atoms with Crippen molar-refractivity contribution in [1.29, 1.82) is 0 Å². The highest BCUT2D eigenvalue weighted by molar-refractivity contribution is 9.10. The molecule has 0 radical (unpaired) electrons. The van der Waals surface area contributed by atoms with Crippen molar-refractivity contribution < 1.29 is 4.39 Å². The highest BCUT2D eigenvalue weighted by Crippen LogP contribution is 2.30. The molecular weight excluding hydrogens is 303 g/mol. The van der Waals surface area contributed by atoms with Crippen LogP contribution in [0.1, 0.15) is 22.1 Å². The van der Waals surface area contributed by atoms with Gasteiger partial charge in [-0.2, -0.15) is 0 Å². The molecule has 0 bridgehead atoms. The Morgan fingerprint density at radius 1 is 1.06 bits per heavy atom. The zero-order valence-electron chi connectivity index (χ0n) is 9.25. The lowest BCUT2D eigenvalue weighted by Gasteiger charge is -2.11. The summed E-state index contributed by atoms with van der Waals surface area (Å²) in [7, 11) is 0. The molecule has 3 heteroatoms. The molecule has 0 N–H and O–H groups in total. The first kappa shape index (κ1) is 12.6. The molecule has 0 spiro atoms. The molecule has 1 unspecified atom stereocenters. The lowest BCUT2D eigenvalue weighted by molar-refractivity contribution is 0.616. The minimum absolute atomic E-state index is 0.217. The number of aryl methyl sites for hydroxylation is 1. The Hall–Kier alpha value is -0.860. The van der Waals surface area contributed by atoms with E-state index in [1.54, 1.807) is 13.0 Å². The number of hydrogen-bond acceptors (Lipinski definition) is 0. The van der Waals surface area contributed by atoms with E-state index in [4.69, 9.17) is 11.6 Å². The van der Waals surface area contributed by atoms with Crippen molar-refractivity contribution in [2.45, 2.75) is 12.3 Å². The van der Waals surface area contributed by atoms with Gasteiger partial charge in [-0.15, -0.1) is 11.6 Å². The molecule has 17 heavy (non-hydrogen) atoms. The maximum atomic E-state index is 13.5. The summed E-state index contributed by atoms with van der Waals surface area (Å²) in [5.74, 6) is -0.217. The third-order valence-corrected chi connectivity index (χ3v) is 3.68. The van der Waals surface area contributed by atoms with Gasteiger partial charge in [0.15, 0.2) is 0 Å². The quantitative estimate of drug-likeness (QED) is 0.666. The topological polar surface area (TPSA) is 0 Å². The van der Waals surface area contributed by atoms with Crippen LogP contribution >= 0.6 is 27.5 Å². The van der Waals surface area contributed by atoms with Crippen LogP contribution in [0.2, 0.25) is 0 Å². The number of benzene rings is 2. The van der Waals surface area contributed by atoms with Crippen molar-refractivity contribution in [3.05, 3.63) is 69.4 Å². The van der Waals surface area contributed by atoms with Crippen LogP contribution in [0.25, 0.3) is 0 Å². The monoisotopic (exact) mass is 312 g/mol. The van der Waals surface area contributed by atoms with Gasteiger partial charge in [0.25, 0.3) is 0 Å². The maximum Gasteiger partial charge on any atom is 0.126 e. The summed E-state index contributed by atoms with van der Waals surface area (Å²) in [5, 5.41) is -0.321. The van der Waals surface area contributed by atoms with Crippen molar-refractivity contribution >= 4 is 27.5 Å². The van der Waals surface area contributed by atoms with Crippen molar-refractivity contribution in [2.24, 2.45) is 0 Å². The Bertz CT molecular complexity index is 522. The first-order valence-electron chi connectivity index (χ1n) is 5.23. The Kier molecular flexibility index (Phi) is 3.85. The molecule has 0 aliphatic heterocycles. The molecule has 88 valence electrons. The molecule has 0 nitrogen and oxygen atoms in total. The van der Waals surface area contributed by atoms with Gasteiger partial charge in [-0.1, -0.05) is 40.2 Å². The van der Waals surface area contributed by atoms with Crippen LogP contribution in [0, 0.1) is 12.7 Å². The van der Waals surface area contributed by atoms with Gasteiger partial charge in [-0.25, -0.2) is 4.39 Å². The largest absolute Gasteiger partial charge is 0.207 e. The Labute approximate surface area is 114 Å². The predicted octanol–water partition coefficient (Wildman–Crippen LogP) is 5.22. The van der Waals surface area contributed by atoms with Gasteiger partial charge in [0.1, 0.15) is 5.82 Å². The van der Waals surface area contributed by atoms with E-state index >= 15 is 0 Å².